The van der Waals surface area contributed by atoms with Crippen molar-refractivity contribution in [3.8, 4) is 11.3 Å². The van der Waals surface area contributed by atoms with Crippen LogP contribution in [-0.4, -0.2) is 85.6 Å². The summed E-state index contributed by atoms with van der Waals surface area (Å²) < 4.78 is 5.90. The molecule has 0 radical (unpaired) electrons. The predicted octanol–water partition coefficient (Wildman–Crippen LogP) is 2.84. The van der Waals surface area contributed by atoms with Crippen molar-refractivity contribution in [3.05, 3.63) is 34.3 Å². The van der Waals surface area contributed by atoms with Gasteiger partial charge in [0.15, 0.2) is 5.82 Å². The summed E-state index contributed by atoms with van der Waals surface area (Å²) in [7, 11) is 2.16. The molecule has 27 heavy (non-hydrogen) atoms. The molecule has 1 unspecified atom stereocenters. The molecule has 146 valence electrons. The number of morpholine rings is 1. The topological polar surface area (TPSA) is 47.6 Å². The van der Waals surface area contributed by atoms with E-state index in [9.17, 15) is 0 Å². The van der Waals surface area contributed by atoms with E-state index in [2.05, 4.69) is 38.0 Å². The Morgan fingerprint density at radius 3 is 2.67 bits per heavy atom. The van der Waals surface area contributed by atoms with E-state index in [1.165, 1.54) is 0 Å². The minimum absolute atomic E-state index is 0.321. The number of aromatic nitrogens is 2. The first-order valence-corrected chi connectivity index (χ1v) is 10.1. The Balaban J connectivity index is 1.33. The van der Waals surface area contributed by atoms with Crippen LogP contribution in [0.3, 0.4) is 0 Å². The van der Waals surface area contributed by atoms with E-state index in [0.29, 0.717) is 16.1 Å². The van der Waals surface area contributed by atoms with Gasteiger partial charge in [0.05, 0.1) is 28.5 Å². The molecule has 0 saturated carbocycles. The third-order valence-corrected chi connectivity index (χ3v) is 6.03. The summed E-state index contributed by atoms with van der Waals surface area (Å²) in [6, 6.07) is 7.70. The number of piperazine rings is 1. The average molecular weight is 410 g/mol. The molecule has 3 heterocycles. The maximum absolute atomic E-state index is 6.13. The van der Waals surface area contributed by atoms with Crippen LogP contribution in [0.15, 0.2) is 24.3 Å². The van der Waals surface area contributed by atoms with E-state index in [-0.39, 0.29) is 0 Å². The van der Waals surface area contributed by atoms with Gasteiger partial charge in [-0.05, 0) is 19.2 Å². The lowest BCUT2D eigenvalue weighted by Gasteiger charge is -2.38. The zero-order chi connectivity index (χ0) is 18.8. The van der Waals surface area contributed by atoms with Gasteiger partial charge in [0.2, 0.25) is 0 Å². The summed E-state index contributed by atoms with van der Waals surface area (Å²) in [6.45, 7) is 7.88. The fourth-order valence-corrected chi connectivity index (χ4v) is 4.01. The van der Waals surface area contributed by atoms with Crippen molar-refractivity contribution in [3.63, 3.8) is 0 Å². The summed E-state index contributed by atoms with van der Waals surface area (Å²) in [4.78, 5) is 7.16. The number of aromatic amines is 1. The predicted molar refractivity (Wildman–Crippen MR) is 110 cm³/mol. The number of halogens is 2. The smallest absolute Gasteiger partial charge is 0.151 e. The molecule has 1 N–H and O–H groups in total. The number of nitrogens with zero attached hydrogens (tertiary/aromatic N) is 4. The molecule has 2 aliphatic rings. The molecule has 2 aromatic rings. The molecule has 1 aromatic carbocycles. The van der Waals surface area contributed by atoms with Gasteiger partial charge in [0.25, 0.3) is 0 Å². The molecule has 2 fully saturated rings. The normalized spacial score (nSPS) is 22.3. The molecule has 1 atom stereocenters. The highest BCUT2D eigenvalue weighted by molar-refractivity contribution is 6.42. The van der Waals surface area contributed by atoms with Crippen molar-refractivity contribution in [2.24, 2.45) is 0 Å². The summed E-state index contributed by atoms with van der Waals surface area (Å²) in [5, 5.41) is 8.72. The van der Waals surface area contributed by atoms with Crippen molar-refractivity contribution in [2.75, 3.05) is 64.4 Å². The molecule has 2 saturated heterocycles. The van der Waals surface area contributed by atoms with Crippen LogP contribution < -0.4 is 4.90 Å². The van der Waals surface area contributed by atoms with E-state index >= 15 is 0 Å². The summed E-state index contributed by atoms with van der Waals surface area (Å²) >= 11 is 12.1. The van der Waals surface area contributed by atoms with Gasteiger partial charge >= 0.3 is 0 Å². The van der Waals surface area contributed by atoms with E-state index in [4.69, 9.17) is 27.9 Å². The molecule has 0 spiro atoms. The molecular formula is C19H25Cl2N5O. The standard InChI is InChI=1S/C19H25Cl2N5O/c1-24-8-9-27-15(12-24)13-25-4-6-26(7-5-25)19-11-18(22-23-19)14-2-3-16(20)17(21)10-14/h2-3,10-11,15H,4-9,12-13H2,1H3,(H,22,23). The minimum atomic E-state index is 0.321. The molecule has 4 rings (SSSR count). The van der Waals surface area contributed by atoms with Crippen molar-refractivity contribution in [2.45, 2.75) is 6.10 Å². The molecule has 0 bridgehead atoms. The Kier molecular flexibility index (Phi) is 5.90. The third kappa shape index (κ3) is 4.58. The van der Waals surface area contributed by atoms with Gasteiger partial charge in [0.1, 0.15) is 0 Å². The van der Waals surface area contributed by atoms with Crippen LogP contribution in [-0.2, 0) is 4.74 Å². The van der Waals surface area contributed by atoms with Crippen LogP contribution in [0.4, 0.5) is 5.82 Å². The number of hydrogen-bond acceptors (Lipinski definition) is 5. The highest BCUT2D eigenvalue weighted by Gasteiger charge is 2.24. The van der Waals surface area contributed by atoms with Gasteiger partial charge < -0.3 is 14.5 Å². The van der Waals surface area contributed by atoms with Crippen molar-refractivity contribution in [1.82, 2.24) is 20.0 Å². The van der Waals surface area contributed by atoms with Crippen LogP contribution >= 0.6 is 23.2 Å². The number of rotatable bonds is 4. The Morgan fingerprint density at radius 2 is 1.93 bits per heavy atom. The lowest BCUT2D eigenvalue weighted by Crippen LogP contribution is -2.52. The number of anilines is 1. The average Bonchev–Trinajstić information content (AvgIpc) is 3.15. The number of benzene rings is 1. The van der Waals surface area contributed by atoms with Crippen LogP contribution in [0.2, 0.25) is 10.0 Å². The van der Waals surface area contributed by atoms with Crippen LogP contribution in [0.25, 0.3) is 11.3 Å². The van der Waals surface area contributed by atoms with Crippen molar-refractivity contribution in [1.29, 1.82) is 0 Å². The SMILES string of the molecule is CN1CCOC(CN2CCN(c3cc(-c4ccc(Cl)c(Cl)c4)[nH]n3)CC2)C1. The maximum Gasteiger partial charge on any atom is 0.151 e. The molecule has 8 heteroatoms. The number of H-pyrrole nitrogens is 1. The van der Waals surface area contributed by atoms with Gasteiger partial charge in [-0.1, -0.05) is 29.3 Å². The van der Waals surface area contributed by atoms with Gasteiger partial charge in [-0.15, -0.1) is 0 Å². The minimum Gasteiger partial charge on any atom is -0.374 e. The van der Waals surface area contributed by atoms with Crippen LogP contribution in [0, 0.1) is 0 Å². The van der Waals surface area contributed by atoms with Crippen LogP contribution in [0.5, 0.6) is 0 Å². The molecule has 2 aliphatic heterocycles. The highest BCUT2D eigenvalue weighted by Crippen LogP contribution is 2.29. The summed E-state index contributed by atoms with van der Waals surface area (Å²) in [6.07, 6.45) is 0.321. The Morgan fingerprint density at radius 1 is 1.11 bits per heavy atom. The monoisotopic (exact) mass is 409 g/mol. The second-order valence-corrected chi connectivity index (χ2v) is 8.13. The van der Waals surface area contributed by atoms with E-state index in [1.54, 1.807) is 0 Å². The van der Waals surface area contributed by atoms with Gasteiger partial charge in [-0.2, -0.15) is 5.10 Å². The number of nitrogens with one attached hydrogen (secondary N) is 1. The fourth-order valence-electron chi connectivity index (χ4n) is 3.71. The summed E-state index contributed by atoms with van der Waals surface area (Å²) in [5.41, 5.74) is 1.94. The summed E-state index contributed by atoms with van der Waals surface area (Å²) in [5.74, 6) is 0.976. The molecule has 6 nitrogen and oxygen atoms in total. The Bertz CT molecular complexity index is 775. The highest BCUT2D eigenvalue weighted by atomic mass is 35.5. The Labute approximate surface area is 170 Å². The van der Waals surface area contributed by atoms with Gasteiger partial charge in [-0.25, -0.2) is 0 Å². The maximum atomic E-state index is 6.13. The van der Waals surface area contributed by atoms with E-state index in [0.717, 1.165) is 69.5 Å². The second kappa shape index (κ2) is 8.37. The molecule has 1 aromatic heterocycles. The first-order valence-electron chi connectivity index (χ1n) is 9.37. The zero-order valence-electron chi connectivity index (χ0n) is 15.5. The third-order valence-electron chi connectivity index (χ3n) is 5.29. The van der Waals surface area contributed by atoms with Gasteiger partial charge in [-0.3, -0.25) is 10.00 Å². The Hall–Kier alpha value is -1.31. The van der Waals surface area contributed by atoms with Crippen molar-refractivity contribution < 1.29 is 4.74 Å². The lowest BCUT2D eigenvalue weighted by molar-refractivity contribution is -0.0361. The molecule has 0 aliphatic carbocycles. The second-order valence-electron chi connectivity index (χ2n) is 7.31. The number of hydrogen-bond donors (Lipinski definition) is 1. The van der Waals surface area contributed by atoms with Crippen molar-refractivity contribution >= 4 is 29.0 Å². The molecular weight excluding hydrogens is 385 g/mol. The van der Waals surface area contributed by atoms with E-state index < -0.39 is 0 Å². The number of ether oxygens (including phenoxy) is 1. The zero-order valence-corrected chi connectivity index (χ0v) is 17.0. The van der Waals surface area contributed by atoms with E-state index in [1.807, 2.05) is 18.2 Å². The van der Waals surface area contributed by atoms with Crippen LogP contribution in [0.1, 0.15) is 0 Å². The quantitative estimate of drug-likeness (QED) is 0.840. The fraction of sp³-hybridized carbons (Fsp3) is 0.526. The number of likely N-dealkylation sites (N-methyl/N-ethyl adjacent to an activating group) is 1. The molecule has 0 amide bonds. The first kappa shape index (κ1) is 19.0. The lowest BCUT2D eigenvalue weighted by atomic mass is 10.1. The largest absolute Gasteiger partial charge is 0.374 e. The first-order chi connectivity index (χ1) is 13.1. The van der Waals surface area contributed by atoms with Gasteiger partial charge in [0, 0.05) is 57.4 Å².